The minimum Gasteiger partial charge on any atom is -0.497 e. The van der Waals surface area contributed by atoms with Gasteiger partial charge in [0.1, 0.15) is 5.75 Å². The number of carbonyl (C=O) groups excluding carboxylic acids is 2. The van der Waals surface area contributed by atoms with E-state index in [1.807, 2.05) is 19.1 Å². The van der Waals surface area contributed by atoms with Crippen LogP contribution in [0.4, 0.5) is 0 Å². The second-order valence-electron chi connectivity index (χ2n) is 7.82. The number of allylic oxidation sites excluding steroid dienone is 1. The summed E-state index contributed by atoms with van der Waals surface area (Å²) < 4.78 is 27.2. The summed E-state index contributed by atoms with van der Waals surface area (Å²) >= 11 is 0. The first-order valence-electron chi connectivity index (χ1n) is 11.8. The summed E-state index contributed by atoms with van der Waals surface area (Å²) in [6.45, 7) is 5.65. The summed E-state index contributed by atoms with van der Waals surface area (Å²) in [5, 5.41) is 3.97. The molecule has 3 aromatic carbocycles. The van der Waals surface area contributed by atoms with Gasteiger partial charge in [-0.25, -0.2) is 10.2 Å². The average Bonchev–Trinajstić information content (AvgIpc) is 2.93. The number of methoxy groups -OCH3 is 2. The summed E-state index contributed by atoms with van der Waals surface area (Å²) in [5.41, 5.74) is 4.43. The molecule has 0 aliphatic carbocycles. The van der Waals surface area contributed by atoms with Crippen LogP contribution >= 0.6 is 0 Å². The predicted molar refractivity (Wildman–Crippen MR) is 144 cm³/mol. The number of amides is 1. The predicted octanol–water partition coefficient (Wildman–Crippen LogP) is 4.58. The quantitative estimate of drug-likeness (QED) is 0.116. The Bertz CT molecular complexity index is 1290. The molecule has 0 radical (unpaired) electrons. The van der Waals surface area contributed by atoms with Crippen LogP contribution in [-0.4, -0.2) is 45.5 Å². The van der Waals surface area contributed by atoms with Gasteiger partial charge in [0.25, 0.3) is 5.91 Å². The Morgan fingerprint density at radius 2 is 1.66 bits per heavy atom. The zero-order chi connectivity index (χ0) is 27.3. The Morgan fingerprint density at radius 3 is 2.34 bits per heavy atom. The SMILES string of the molecule is C=CCc1ccc(OCC(=O)NN=Cc2ccc(OC(=O)c3ccc(OC)cc3)c(OCC)c2)c(OC)c1. The van der Waals surface area contributed by atoms with Crippen LogP contribution in [0.15, 0.2) is 78.4 Å². The first-order valence-corrected chi connectivity index (χ1v) is 11.8. The summed E-state index contributed by atoms with van der Waals surface area (Å²) in [4.78, 5) is 24.7. The Kier molecular flexibility index (Phi) is 10.3. The van der Waals surface area contributed by atoms with Crippen molar-refractivity contribution in [1.82, 2.24) is 5.43 Å². The molecular formula is C29H30N2O7. The van der Waals surface area contributed by atoms with Crippen LogP contribution in [0.1, 0.15) is 28.4 Å². The highest BCUT2D eigenvalue weighted by Gasteiger charge is 2.14. The molecule has 0 unspecified atom stereocenters. The summed E-state index contributed by atoms with van der Waals surface area (Å²) in [6.07, 6.45) is 3.93. The second-order valence-corrected chi connectivity index (χ2v) is 7.82. The van der Waals surface area contributed by atoms with Crippen LogP contribution in [-0.2, 0) is 11.2 Å². The number of benzene rings is 3. The molecule has 0 aliphatic heterocycles. The second kappa shape index (κ2) is 14.1. The molecule has 0 saturated heterocycles. The van der Waals surface area contributed by atoms with Gasteiger partial charge >= 0.3 is 5.97 Å². The van der Waals surface area contributed by atoms with Crippen LogP contribution in [0, 0.1) is 0 Å². The fraction of sp³-hybridized carbons (Fsp3) is 0.207. The van der Waals surface area contributed by atoms with Gasteiger partial charge < -0.3 is 23.7 Å². The van der Waals surface area contributed by atoms with Gasteiger partial charge in [0.05, 0.1) is 32.6 Å². The monoisotopic (exact) mass is 518 g/mol. The third kappa shape index (κ3) is 7.86. The minimum absolute atomic E-state index is 0.251. The first kappa shape index (κ1) is 27.8. The first-order chi connectivity index (χ1) is 18.5. The van der Waals surface area contributed by atoms with Crippen molar-refractivity contribution in [1.29, 1.82) is 0 Å². The lowest BCUT2D eigenvalue weighted by Crippen LogP contribution is -2.24. The molecule has 3 aromatic rings. The van der Waals surface area contributed by atoms with E-state index < -0.39 is 11.9 Å². The maximum absolute atomic E-state index is 12.5. The highest BCUT2D eigenvalue weighted by Crippen LogP contribution is 2.30. The van der Waals surface area contributed by atoms with E-state index in [1.54, 1.807) is 61.7 Å². The van der Waals surface area contributed by atoms with Crippen LogP contribution in [0.5, 0.6) is 28.7 Å². The van der Waals surface area contributed by atoms with Crippen LogP contribution < -0.4 is 29.1 Å². The van der Waals surface area contributed by atoms with Gasteiger partial charge in [-0.3, -0.25) is 4.79 Å². The topological polar surface area (TPSA) is 105 Å². The molecule has 0 aliphatic rings. The van der Waals surface area contributed by atoms with E-state index >= 15 is 0 Å². The highest BCUT2D eigenvalue weighted by molar-refractivity contribution is 5.92. The molecule has 9 nitrogen and oxygen atoms in total. The molecule has 0 saturated carbocycles. The van der Waals surface area contributed by atoms with Crippen molar-refractivity contribution in [2.75, 3.05) is 27.4 Å². The van der Waals surface area contributed by atoms with Crippen LogP contribution in [0.2, 0.25) is 0 Å². The summed E-state index contributed by atoms with van der Waals surface area (Å²) in [5.74, 6) is 1.24. The van der Waals surface area contributed by atoms with Crippen molar-refractivity contribution >= 4 is 18.1 Å². The van der Waals surface area contributed by atoms with Crippen molar-refractivity contribution in [2.24, 2.45) is 5.10 Å². The van der Waals surface area contributed by atoms with Gasteiger partial charge in [-0.2, -0.15) is 5.10 Å². The largest absolute Gasteiger partial charge is 0.497 e. The fourth-order valence-electron chi connectivity index (χ4n) is 3.32. The van der Waals surface area contributed by atoms with Gasteiger partial charge in [-0.15, -0.1) is 6.58 Å². The van der Waals surface area contributed by atoms with Crippen molar-refractivity contribution in [3.8, 4) is 28.7 Å². The van der Waals surface area contributed by atoms with Crippen LogP contribution in [0.25, 0.3) is 0 Å². The normalized spacial score (nSPS) is 10.5. The van der Waals surface area contributed by atoms with Gasteiger partial charge in [-0.1, -0.05) is 12.1 Å². The van der Waals surface area contributed by atoms with E-state index in [0.717, 1.165) is 5.56 Å². The number of hydrazone groups is 1. The van der Waals surface area contributed by atoms with Crippen LogP contribution in [0.3, 0.4) is 0 Å². The van der Waals surface area contributed by atoms with Gasteiger partial charge in [0, 0.05) is 0 Å². The molecule has 0 heterocycles. The molecule has 0 aromatic heterocycles. The minimum atomic E-state index is -0.533. The maximum Gasteiger partial charge on any atom is 0.343 e. The molecule has 1 N–H and O–H groups in total. The molecule has 0 fully saturated rings. The highest BCUT2D eigenvalue weighted by atomic mass is 16.6. The van der Waals surface area contributed by atoms with Gasteiger partial charge in [0.15, 0.2) is 29.6 Å². The number of hydrogen-bond donors (Lipinski definition) is 1. The lowest BCUT2D eigenvalue weighted by atomic mass is 10.1. The smallest absolute Gasteiger partial charge is 0.343 e. The summed E-state index contributed by atoms with van der Waals surface area (Å²) in [7, 11) is 3.08. The van der Waals surface area contributed by atoms with E-state index in [4.69, 9.17) is 23.7 Å². The number of carbonyl (C=O) groups is 2. The van der Waals surface area contributed by atoms with Gasteiger partial charge in [-0.05, 0) is 79.1 Å². The van der Waals surface area contributed by atoms with Crippen molar-refractivity contribution in [2.45, 2.75) is 13.3 Å². The number of esters is 1. The molecule has 198 valence electrons. The number of nitrogens with zero attached hydrogens (tertiary/aromatic N) is 1. The molecule has 1 amide bonds. The third-order valence-electron chi connectivity index (χ3n) is 5.17. The number of nitrogens with one attached hydrogen (secondary N) is 1. The van der Waals surface area contributed by atoms with Gasteiger partial charge in [0.2, 0.25) is 0 Å². The Balaban J connectivity index is 1.59. The number of rotatable bonds is 13. The lowest BCUT2D eigenvalue weighted by Gasteiger charge is -2.12. The molecule has 0 atom stereocenters. The molecule has 0 spiro atoms. The zero-order valence-corrected chi connectivity index (χ0v) is 21.6. The third-order valence-corrected chi connectivity index (χ3v) is 5.17. The molecule has 38 heavy (non-hydrogen) atoms. The van der Waals surface area contributed by atoms with E-state index in [-0.39, 0.29) is 12.4 Å². The van der Waals surface area contributed by atoms with E-state index in [9.17, 15) is 9.59 Å². The fourth-order valence-corrected chi connectivity index (χ4v) is 3.32. The average molecular weight is 519 g/mol. The molecule has 9 heteroatoms. The Labute approximate surface area is 221 Å². The molecule has 3 rings (SSSR count). The number of hydrogen-bond acceptors (Lipinski definition) is 8. The van der Waals surface area contributed by atoms with E-state index in [0.29, 0.717) is 47.2 Å². The van der Waals surface area contributed by atoms with Crippen molar-refractivity contribution < 1.29 is 33.3 Å². The van der Waals surface area contributed by atoms with E-state index in [2.05, 4.69) is 17.1 Å². The van der Waals surface area contributed by atoms with Crippen molar-refractivity contribution in [3.63, 3.8) is 0 Å². The lowest BCUT2D eigenvalue weighted by molar-refractivity contribution is -0.123. The standard InChI is InChI=1S/C29H30N2O7/c1-5-7-20-8-14-24(26(16-20)35-4)37-19-28(32)31-30-18-21-9-15-25(27(17-21)36-6-2)38-29(33)22-10-12-23(34-3)13-11-22/h5,8-18H,1,6-7,19H2,2-4H3,(H,31,32). The summed E-state index contributed by atoms with van der Waals surface area (Å²) in [6, 6.07) is 17.0. The molecule has 0 bridgehead atoms. The van der Waals surface area contributed by atoms with E-state index in [1.165, 1.54) is 13.3 Å². The molecular weight excluding hydrogens is 488 g/mol. The zero-order valence-electron chi connectivity index (χ0n) is 21.6. The van der Waals surface area contributed by atoms with Crippen molar-refractivity contribution in [3.05, 3.63) is 90.0 Å². The maximum atomic E-state index is 12.5. The Hall–Kier alpha value is -4.79. The Morgan fingerprint density at radius 1 is 0.895 bits per heavy atom. The number of ether oxygens (including phenoxy) is 5.